The van der Waals surface area contributed by atoms with Crippen LogP contribution in [0.4, 0.5) is 0 Å². The lowest BCUT2D eigenvalue weighted by atomic mass is 10.2. The molecule has 0 aliphatic rings. The van der Waals surface area contributed by atoms with Gasteiger partial charge in [-0.15, -0.1) is 10.1 Å². The first-order valence-electron chi connectivity index (χ1n) is 6.72. The fraction of sp³-hybridized carbons (Fsp3) is 0.0625. The summed E-state index contributed by atoms with van der Waals surface area (Å²) in [5.74, 6) is -1.02. The maximum absolute atomic E-state index is 11.8. The third-order valence-corrected chi connectivity index (χ3v) is 2.86. The summed E-state index contributed by atoms with van der Waals surface area (Å²) >= 11 is 0. The molecule has 124 valence electrons. The van der Waals surface area contributed by atoms with Crippen molar-refractivity contribution in [2.45, 2.75) is 6.61 Å². The number of rotatable bonds is 6. The van der Waals surface area contributed by atoms with Gasteiger partial charge in [0.15, 0.2) is 11.5 Å². The predicted molar refractivity (Wildman–Crippen MR) is 82.7 cm³/mol. The van der Waals surface area contributed by atoms with E-state index in [1.165, 1.54) is 36.4 Å². The highest BCUT2D eigenvalue weighted by molar-refractivity contribution is 5.88. The Labute approximate surface area is 136 Å². The average molecular weight is 331 g/mol. The van der Waals surface area contributed by atoms with Crippen LogP contribution < -0.4 is 4.74 Å². The number of aromatic hydroxyl groups is 2. The van der Waals surface area contributed by atoms with E-state index in [9.17, 15) is 25.1 Å². The van der Waals surface area contributed by atoms with E-state index in [0.717, 1.165) is 6.08 Å². The Kier molecular flexibility index (Phi) is 5.35. The zero-order valence-electron chi connectivity index (χ0n) is 12.3. The molecule has 0 atom stereocenters. The van der Waals surface area contributed by atoms with Gasteiger partial charge in [0.1, 0.15) is 12.4 Å². The Morgan fingerprint density at radius 3 is 2.67 bits per heavy atom. The third kappa shape index (κ3) is 5.02. The Balaban J connectivity index is 1.98. The molecule has 0 saturated carbocycles. The molecule has 0 fully saturated rings. The van der Waals surface area contributed by atoms with Crippen LogP contribution in [0.2, 0.25) is 0 Å². The summed E-state index contributed by atoms with van der Waals surface area (Å²) < 4.78 is 5.07. The fourth-order valence-electron chi connectivity index (χ4n) is 1.78. The third-order valence-electron chi connectivity index (χ3n) is 2.86. The molecule has 8 heteroatoms. The largest absolute Gasteiger partial charge is 0.504 e. The highest BCUT2D eigenvalue weighted by atomic mass is 16.9. The molecule has 0 aliphatic heterocycles. The highest BCUT2D eigenvalue weighted by Crippen LogP contribution is 2.25. The average Bonchev–Trinajstić information content (AvgIpc) is 2.54. The lowest BCUT2D eigenvalue weighted by molar-refractivity contribution is -0.763. The van der Waals surface area contributed by atoms with Crippen LogP contribution in [0.3, 0.4) is 0 Å². The summed E-state index contributed by atoms with van der Waals surface area (Å²) in [6, 6.07) is 10.2. The van der Waals surface area contributed by atoms with Crippen LogP contribution in [-0.2, 0) is 16.2 Å². The molecule has 0 saturated heterocycles. The van der Waals surface area contributed by atoms with E-state index < -0.39 is 11.1 Å². The molecule has 0 aliphatic carbocycles. The van der Waals surface area contributed by atoms with Crippen molar-refractivity contribution in [2.24, 2.45) is 0 Å². The minimum atomic E-state index is -0.908. The minimum absolute atomic E-state index is 0.211. The highest BCUT2D eigenvalue weighted by Gasteiger charge is 2.04. The van der Waals surface area contributed by atoms with E-state index >= 15 is 0 Å². The quantitative estimate of drug-likeness (QED) is 0.208. The second kappa shape index (κ2) is 7.63. The summed E-state index contributed by atoms with van der Waals surface area (Å²) in [5, 5.41) is 27.8. The normalized spacial score (nSPS) is 10.5. The Morgan fingerprint density at radius 2 is 1.96 bits per heavy atom. The first-order chi connectivity index (χ1) is 11.4. The molecule has 2 N–H and O–H groups in total. The van der Waals surface area contributed by atoms with Gasteiger partial charge < -0.3 is 19.8 Å². The fourth-order valence-corrected chi connectivity index (χ4v) is 1.78. The van der Waals surface area contributed by atoms with Crippen molar-refractivity contribution in [3.05, 3.63) is 69.8 Å². The van der Waals surface area contributed by atoms with Gasteiger partial charge in [-0.05, 0) is 41.5 Å². The summed E-state index contributed by atoms with van der Waals surface area (Å²) in [6.45, 7) is -0.249. The van der Waals surface area contributed by atoms with Gasteiger partial charge >= 0.3 is 5.97 Å². The summed E-state index contributed by atoms with van der Waals surface area (Å²) in [7, 11) is 0. The van der Waals surface area contributed by atoms with E-state index in [0.29, 0.717) is 11.1 Å². The zero-order valence-corrected chi connectivity index (χ0v) is 12.3. The van der Waals surface area contributed by atoms with Crippen LogP contribution in [0.25, 0.3) is 6.08 Å². The van der Waals surface area contributed by atoms with E-state index in [1.807, 2.05) is 0 Å². The molecule has 0 unspecified atom stereocenters. The summed E-state index contributed by atoms with van der Waals surface area (Å²) in [5.41, 5.74) is 0.972. The molecule has 2 rings (SSSR count). The molecular weight excluding hydrogens is 318 g/mol. The Morgan fingerprint density at radius 1 is 1.17 bits per heavy atom. The number of nitrogens with zero attached hydrogens (tertiary/aromatic N) is 1. The van der Waals surface area contributed by atoms with Gasteiger partial charge in [-0.1, -0.05) is 18.2 Å². The number of esters is 1. The lowest BCUT2D eigenvalue weighted by Gasteiger charge is -2.04. The van der Waals surface area contributed by atoms with E-state index in [2.05, 4.69) is 4.84 Å². The summed E-state index contributed by atoms with van der Waals surface area (Å²) in [4.78, 5) is 26.1. The van der Waals surface area contributed by atoms with Crippen LogP contribution in [0, 0.1) is 10.1 Å². The number of benzene rings is 2. The van der Waals surface area contributed by atoms with Crippen molar-refractivity contribution in [3.63, 3.8) is 0 Å². The molecule has 0 amide bonds. The van der Waals surface area contributed by atoms with Gasteiger partial charge in [-0.2, -0.15) is 0 Å². The van der Waals surface area contributed by atoms with Gasteiger partial charge in [0.25, 0.3) is 5.09 Å². The molecule has 0 spiro atoms. The van der Waals surface area contributed by atoms with Crippen LogP contribution in [-0.4, -0.2) is 21.3 Å². The van der Waals surface area contributed by atoms with Crippen molar-refractivity contribution >= 4 is 12.0 Å². The van der Waals surface area contributed by atoms with Crippen molar-refractivity contribution in [3.8, 4) is 17.2 Å². The van der Waals surface area contributed by atoms with Crippen molar-refractivity contribution in [1.82, 2.24) is 0 Å². The molecule has 0 bridgehead atoms. The maximum Gasteiger partial charge on any atom is 0.336 e. The molecular formula is C16H13NO7. The minimum Gasteiger partial charge on any atom is -0.504 e. The number of hydrogen-bond acceptors (Lipinski definition) is 7. The van der Waals surface area contributed by atoms with Crippen LogP contribution in [0.1, 0.15) is 11.1 Å². The van der Waals surface area contributed by atoms with Crippen molar-refractivity contribution in [2.75, 3.05) is 0 Å². The zero-order chi connectivity index (χ0) is 17.5. The van der Waals surface area contributed by atoms with Gasteiger partial charge in [0.2, 0.25) is 0 Å². The van der Waals surface area contributed by atoms with Crippen molar-refractivity contribution in [1.29, 1.82) is 0 Å². The van der Waals surface area contributed by atoms with E-state index in [-0.39, 0.29) is 23.9 Å². The number of carbonyl (C=O) groups excluding carboxylic acids is 1. The van der Waals surface area contributed by atoms with Gasteiger partial charge in [-0.25, -0.2) is 4.79 Å². The van der Waals surface area contributed by atoms with E-state index in [1.54, 1.807) is 12.1 Å². The molecule has 0 aromatic heterocycles. The Hall–Kier alpha value is -3.55. The Bertz CT molecular complexity index is 786. The van der Waals surface area contributed by atoms with Gasteiger partial charge in [0.05, 0.1) is 0 Å². The molecule has 8 nitrogen and oxygen atoms in total. The lowest BCUT2D eigenvalue weighted by Crippen LogP contribution is -2.05. The van der Waals surface area contributed by atoms with E-state index in [4.69, 9.17) is 4.74 Å². The van der Waals surface area contributed by atoms with Crippen molar-refractivity contribution < 1.29 is 29.7 Å². The molecule has 24 heavy (non-hydrogen) atoms. The number of phenolic OH excluding ortho intramolecular Hbond substituents is 2. The van der Waals surface area contributed by atoms with Gasteiger partial charge in [-0.3, -0.25) is 0 Å². The monoisotopic (exact) mass is 331 g/mol. The number of carbonyl (C=O) groups is 1. The second-order valence-electron chi connectivity index (χ2n) is 4.65. The van der Waals surface area contributed by atoms with Crippen LogP contribution in [0.15, 0.2) is 48.5 Å². The molecule has 0 heterocycles. The maximum atomic E-state index is 11.8. The predicted octanol–water partition coefficient (Wildman–Crippen LogP) is 2.42. The molecule has 2 aromatic rings. The van der Waals surface area contributed by atoms with Crippen LogP contribution in [0.5, 0.6) is 17.2 Å². The van der Waals surface area contributed by atoms with Crippen LogP contribution >= 0.6 is 0 Å². The SMILES string of the molecule is O=C(/C=C/c1ccc(O)c(O)c1)Oc1cccc(CO[N+](=O)[O-])c1. The topological polar surface area (TPSA) is 119 Å². The smallest absolute Gasteiger partial charge is 0.336 e. The second-order valence-corrected chi connectivity index (χ2v) is 4.65. The number of hydrogen-bond donors (Lipinski definition) is 2. The molecule has 0 radical (unpaired) electrons. The first-order valence-corrected chi connectivity index (χ1v) is 6.72. The van der Waals surface area contributed by atoms with Gasteiger partial charge in [0, 0.05) is 6.08 Å². The number of ether oxygens (including phenoxy) is 1. The molecule has 2 aromatic carbocycles. The number of phenols is 2. The summed E-state index contributed by atoms with van der Waals surface area (Å²) in [6.07, 6.45) is 2.55. The first kappa shape index (κ1) is 16.8. The standard InChI is InChI=1S/C16H13NO7/c18-14-6-4-11(9-15(14)19)5-7-16(20)24-13-3-1-2-12(8-13)10-23-17(21)22/h1-9,18-19H,10H2/b7-5+.